The van der Waals surface area contributed by atoms with Gasteiger partial charge >= 0.3 is 0 Å². The fourth-order valence-corrected chi connectivity index (χ4v) is 1.84. The third-order valence-corrected chi connectivity index (χ3v) is 3.17. The number of nitrogens with zero attached hydrogens (tertiary/aromatic N) is 2. The second-order valence-corrected chi connectivity index (χ2v) is 4.61. The van der Waals surface area contributed by atoms with Crippen molar-refractivity contribution in [1.82, 2.24) is 15.3 Å². The highest BCUT2D eigenvalue weighted by molar-refractivity contribution is 5.32. The Morgan fingerprint density at radius 1 is 1.00 bits per heavy atom. The van der Waals surface area contributed by atoms with Crippen molar-refractivity contribution in [2.45, 2.75) is 33.9 Å². The molecule has 2 rings (SSSR count). The minimum atomic E-state index is 0.751. The zero-order valence-electron chi connectivity index (χ0n) is 11.2. The van der Waals surface area contributed by atoms with E-state index in [0.717, 1.165) is 24.5 Å². The molecule has 0 unspecified atom stereocenters. The molecule has 3 nitrogen and oxygen atoms in total. The van der Waals surface area contributed by atoms with Gasteiger partial charge in [-0.2, -0.15) is 0 Å². The maximum absolute atomic E-state index is 4.32. The molecule has 18 heavy (non-hydrogen) atoms. The lowest BCUT2D eigenvalue weighted by molar-refractivity contribution is 0.673. The van der Waals surface area contributed by atoms with E-state index in [1.54, 1.807) is 6.20 Å². The van der Waals surface area contributed by atoms with Crippen molar-refractivity contribution in [3.05, 3.63) is 58.7 Å². The highest BCUT2D eigenvalue weighted by Crippen LogP contribution is 2.12. The lowest BCUT2D eigenvalue weighted by atomic mass is 10.0. The van der Waals surface area contributed by atoms with E-state index in [9.17, 15) is 0 Å². The minimum Gasteiger partial charge on any atom is -0.307 e. The number of benzene rings is 1. The summed E-state index contributed by atoms with van der Waals surface area (Å²) in [7, 11) is 0. The van der Waals surface area contributed by atoms with E-state index in [1.807, 2.05) is 13.1 Å². The Kier molecular flexibility index (Phi) is 4.05. The van der Waals surface area contributed by atoms with E-state index in [4.69, 9.17) is 0 Å². The quantitative estimate of drug-likeness (QED) is 0.894. The van der Waals surface area contributed by atoms with Crippen molar-refractivity contribution < 1.29 is 0 Å². The van der Waals surface area contributed by atoms with E-state index in [0.29, 0.717) is 0 Å². The van der Waals surface area contributed by atoms with Crippen molar-refractivity contribution in [3.8, 4) is 0 Å². The molecule has 3 heteroatoms. The standard InChI is InChI=1S/C15H19N3/c1-11-5-4-6-14(13(11)3)8-16-9-15-10-17-12(2)7-18-15/h4-7,10,16H,8-9H2,1-3H3. The van der Waals surface area contributed by atoms with Crippen LogP contribution in [-0.4, -0.2) is 9.97 Å². The van der Waals surface area contributed by atoms with Crippen molar-refractivity contribution in [2.75, 3.05) is 0 Å². The summed E-state index contributed by atoms with van der Waals surface area (Å²) in [6, 6.07) is 6.41. The predicted octanol–water partition coefficient (Wildman–Crippen LogP) is 2.69. The zero-order chi connectivity index (χ0) is 13.0. The van der Waals surface area contributed by atoms with Gasteiger partial charge in [0.2, 0.25) is 0 Å². The van der Waals surface area contributed by atoms with Gasteiger partial charge in [0.15, 0.2) is 0 Å². The molecule has 1 heterocycles. The van der Waals surface area contributed by atoms with Crippen LogP contribution in [-0.2, 0) is 13.1 Å². The summed E-state index contributed by atoms with van der Waals surface area (Å²) in [4.78, 5) is 8.56. The van der Waals surface area contributed by atoms with Crippen LogP contribution in [0.3, 0.4) is 0 Å². The SMILES string of the molecule is Cc1cnc(CNCc2cccc(C)c2C)cn1. The number of hydrogen-bond donors (Lipinski definition) is 1. The van der Waals surface area contributed by atoms with E-state index in [-0.39, 0.29) is 0 Å². The second kappa shape index (κ2) is 5.74. The number of hydrogen-bond acceptors (Lipinski definition) is 3. The average molecular weight is 241 g/mol. The van der Waals surface area contributed by atoms with Gasteiger partial charge in [0, 0.05) is 25.5 Å². The molecule has 0 saturated carbocycles. The Morgan fingerprint density at radius 3 is 2.56 bits per heavy atom. The van der Waals surface area contributed by atoms with E-state index in [2.05, 4.69) is 47.3 Å². The third-order valence-electron chi connectivity index (χ3n) is 3.17. The molecule has 1 N–H and O–H groups in total. The number of aromatic nitrogens is 2. The molecule has 1 aromatic heterocycles. The molecule has 94 valence electrons. The summed E-state index contributed by atoms with van der Waals surface area (Å²) in [6.07, 6.45) is 3.63. The molecule has 0 aliphatic heterocycles. The summed E-state index contributed by atoms with van der Waals surface area (Å²) in [5.74, 6) is 0. The summed E-state index contributed by atoms with van der Waals surface area (Å²) < 4.78 is 0. The maximum Gasteiger partial charge on any atom is 0.0724 e. The van der Waals surface area contributed by atoms with Crippen LogP contribution in [0.1, 0.15) is 28.1 Å². The van der Waals surface area contributed by atoms with E-state index >= 15 is 0 Å². The number of rotatable bonds is 4. The molecule has 0 spiro atoms. The smallest absolute Gasteiger partial charge is 0.0724 e. The molecule has 2 aromatic rings. The second-order valence-electron chi connectivity index (χ2n) is 4.61. The molecule has 0 amide bonds. The molecule has 0 fully saturated rings. The Morgan fingerprint density at radius 2 is 1.83 bits per heavy atom. The first-order valence-corrected chi connectivity index (χ1v) is 6.20. The Balaban J connectivity index is 1.92. The molecular formula is C15H19N3. The lowest BCUT2D eigenvalue weighted by Crippen LogP contribution is -2.15. The van der Waals surface area contributed by atoms with E-state index in [1.165, 1.54) is 16.7 Å². The van der Waals surface area contributed by atoms with Gasteiger partial charge in [-0.25, -0.2) is 0 Å². The average Bonchev–Trinajstić information content (AvgIpc) is 2.37. The first-order chi connectivity index (χ1) is 8.66. The highest BCUT2D eigenvalue weighted by Gasteiger charge is 2.00. The van der Waals surface area contributed by atoms with Crippen LogP contribution in [0.2, 0.25) is 0 Å². The predicted molar refractivity (Wildman–Crippen MR) is 73.2 cm³/mol. The van der Waals surface area contributed by atoms with Gasteiger partial charge in [-0.05, 0) is 37.5 Å². The Labute approximate surface area is 108 Å². The van der Waals surface area contributed by atoms with Crippen LogP contribution in [0.5, 0.6) is 0 Å². The van der Waals surface area contributed by atoms with Gasteiger partial charge in [-0.15, -0.1) is 0 Å². The van der Waals surface area contributed by atoms with Crippen molar-refractivity contribution in [1.29, 1.82) is 0 Å². The topological polar surface area (TPSA) is 37.8 Å². The van der Waals surface area contributed by atoms with Crippen LogP contribution in [0.15, 0.2) is 30.6 Å². The highest BCUT2D eigenvalue weighted by atomic mass is 14.9. The van der Waals surface area contributed by atoms with Gasteiger partial charge in [0.25, 0.3) is 0 Å². The normalized spacial score (nSPS) is 10.6. The molecule has 0 bridgehead atoms. The van der Waals surface area contributed by atoms with Crippen molar-refractivity contribution in [2.24, 2.45) is 0 Å². The van der Waals surface area contributed by atoms with Crippen molar-refractivity contribution >= 4 is 0 Å². The van der Waals surface area contributed by atoms with Gasteiger partial charge in [0.1, 0.15) is 0 Å². The maximum atomic E-state index is 4.32. The largest absolute Gasteiger partial charge is 0.307 e. The minimum absolute atomic E-state index is 0.751. The zero-order valence-corrected chi connectivity index (χ0v) is 11.2. The first-order valence-electron chi connectivity index (χ1n) is 6.20. The Hall–Kier alpha value is -1.74. The number of aryl methyl sites for hydroxylation is 2. The lowest BCUT2D eigenvalue weighted by Gasteiger charge is -2.09. The fourth-order valence-electron chi connectivity index (χ4n) is 1.84. The summed E-state index contributed by atoms with van der Waals surface area (Å²) in [5, 5.41) is 3.40. The summed E-state index contributed by atoms with van der Waals surface area (Å²) >= 11 is 0. The van der Waals surface area contributed by atoms with Gasteiger partial charge < -0.3 is 5.32 Å². The number of nitrogens with one attached hydrogen (secondary N) is 1. The molecule has 0 radical (unpaired) electrons. The third kappa shape index (κ3) is 3.14. The van der Waals surface area contributed by atoms with E-state index < -0.39 is 0 Å². The Bertz CT molecular complexity index is 518. The van der Waals surface area contributed by atoms with Gasteiger partial charge in [-0.3, -0.25) is 9.97 Å². The first kappa shape index (κ1) is 12.7. The fraction of sp³-hybridized carbons (Fsp3) is 0.333. The molecular weight excluding hydrogens is 222 g/mol. The van der Waals surface area contributed by atoms with Crippen LogP contribution in [0.4, 0.5) is 0 Å². The van der Waals surface area contributed by atoms with Gasteiger partial charge in [-0.1, -0.05) is 18.2 Å². The van der Waals surface area contributed by atoms with Crippen LogP contribution < -0.4 is 5.32 Å². The van der Waals surface area contributed by atoms with Gasteiger partial charge in [0.05, 0.1) is 11.4 Å². The van der Waals surface area contributed by atoms with Crippen LogP contribution in [0.25, 0.3) is 0 Å². The molecule has 0 aliphatic carbocycles. The monoisotopic (exact) mass is 241 g/mol. The molecule has 0 atom stereocenters. The van der Waals surface area contributed by atoms with Crippen molar-refractivity contribution in [3.63, 3.8) is 0 Å². The summed E-state index contributed by atoms with van der Waals surface area (Å²) in [5.41, 5.74) is 5.97. The van der Waals surface area contributed by atoms with Crippen LogP contribution >= 0.6 is 0 Å². The summed E-state index contributed by atoms with van der Waals surface area (Å²) in [6.45, 7) is 7.87. The molecule has 0 aliphatic rings. The molecule has 0 saturated heterocycles. The van der Waals surface area contributed by atoms with Crippen LogP contribution in [0, 0.1) is 20.8 Å². The molecule has 1 aromatic carbocycles.